The van der Waals surface area contributed by atoms with Gasteiger partial charge in [-0.15, -0.1) is 0 Å². The van der Waals surface area contributed by atoms with E-state index >= 15 is 0 Å². The van der Waals surface area contributed by atoms with Crippen molar-refractivity contribution >= 4 is 11.0 Å². The van der Waals surface area contributed by atoms with Crippen molar-refractivity contribution in [3.8, 4) is 5.75 Å². The molecule has 5 heteroatoms. The summed E-state index contributed by atoms with van der Waals surface area (Å²) in [6, 6.07) is 12.9. The maximum absolute atomic E-state index is 12.7. The quantitative estimate of drug-likeness (QED) is 0.655. The highest BCUT2D eigenvalue weighted by molar-refractivity contribution is 5.83. The van der Waals surface area contributed by atoms with E-state index in [1.54, 1.807) is 13.2 Å². The molecule has 0 saturated heterocycles. The number of rotatable bonds is 4. The average molecular weight is 320 g/mol. The van der Waals surface area contributed by atoms with Crippen LogP contribution in [0.2, 0.25) is 0 Å². The molecular formula is C18H15F3O2. The number of ether oxygens (including phenoxy) is 1. The van der Waals surface area contributed by atoms with Crippen LogP contribution in [0.1, 0.15) is 16.9 Å². The minimum atomic E-state index is -4.32. The lowest BCUT2D eigenvalue weighted by Gasteiger charge is -2.08. The van der Waals surface area contributed by atoms with Gasteiger partial charge in [-0.1, -0.05) is 30.3 Å². The van der Waals surface area contributed by atoms with Gasteiger partial charge in [0.05, 0.1) is 12.7 Å². The molecule has 0 fully saturated rings. The summed E-state index contributed by atoms with van der Waals surface area (Å²) in [6.07, 6.45) is -3.31. The second kappa shape index (κ2) is 5.99. The Morgan fingerprint density at radius 1 is 1.00 bits per heavy atom. The normalized spacial score (nSPS) is 11.8. The van der Waals surface area contributed by atoms with Crippen LogP contribution in [-0.2, 0) is 19.0 Å². The predicted octanol–water partition coefficient (Wildman–Crippen LogP) is 5.25. The summed E-state index contributed by atoms with van der Waals surface area (Å²) in [6.45, 7) is 0. The Bertz CT molecular complexity index is 818. The van der Waals surface area contributed by atoms with Crippen molar-refractivity contribution in [3.05, 3.63) is 65.4 Å². The summed E-state index contributed by atoms with van der Waals surface area (Å²) in [5.41, 5.74) is 0.669. The van der Waals surface area contributed by atoms with E-state index in [4.69, 9.17) is 9.15 Å². The Labute approximate surface area is 131 Å². The zero-order valence-corrected chi connectivity index (χ0v) is 12.5. The largest absolute Gasteiger partial charge is 0.493 e. The molecule has 2 aromatic carbocycles. The monoisotopic (exact) mass is 320 g/mol. The van der Waals surface area contributed by atoms with Crippen LogP contribution in [0.15, 0.2) is 52.9 Å². The highest BCUT2D eigenvalue weighted by Crippen LogP contribution is 2.31. The van der Waals surface area contributed by atoms with Crippen molar-refractivity contribution in [1.82, 2.24) is 0 Å². The van der Waals surface area contributed by atoms with Crippen LogP contribution in [0.3, 0.4) is 0 Å². The third-order valence-corrected chi connectivity index (χ3v) is 3.69. The summed E-state index contributed by atoms with van der Waals surface area (Å²) in [4.78, 5) is 0. The molecule has 0 amide bonds. The fourth-order valence-electron chi connectivity index (χ4n) is 2.54. The van der Waals surface area contributed by atoms with Crippen LogP contribution in [0, 0.1) is 0 Å². The van der Waals surface area contributed by atoms with Crippen molar-refractivity contribution in [2.75, 3.05) is 7.11 Å². The van der Waals surface area contributed by atoms with Gasteiger partial charge in [0.2, 0.25) is 0 Å². The molecule has 0 N–H and O–H groups in total. The maximum Gasteiger partial charge on any atom is 0.416 e. The van der Waals surface area contributed by atoms with Crippen molar-refractivity contribution in [3.63, 3.8) is 0 Å². The van der Waals surface area contributed by atoms with Crippen molar-refractivity contribution in [1.29, 1.82) is 0 Å². The summed E-state index contributed by atoms with van der Waals surface area (Å²) >= 11 is 0. The third-order valence-electron chi connectivity index (χ3n) is 3.69. The molecule has 0 radical (unpaired) electrons. The van der Waals surface area contributed by atoms with E-state index in [-0.39, 0.29) is 0 Å². The summed E-state index contributed by atoms with van der Waals surface area (Å²) in [5, 5.41) is 0.920. The molecule has 120 valence electrons. The Morgan fingerprint density at radius 2 is 1.78 bits per heavy atom. The van der Waals surface area contributed by atoms with Gasteiger partial charge in [-0.2, -0.15) is 13.2 Å². The first-order chi connectivity index (χ1) is 11.0. The van der Waals surface area contributed by atoms with Gasteiger partial charge in [0, 0.05) is 11.8 Å². The zero-order valence-electron chi connectivity index (χ0n) is 12.5. The van der Waals surface area contributed by atoms with E-state index in [9.17, 15) is 13.2 Å². The maximum atomic E-state index is 12.7. The van der Waals surface area contributed by atoms with Gasteiger partial charge in [0.15, 0.2) is 11.3 Å². The highest BCUT2D eigenvalue weighted by Gasteiger charge is 2.30. The van der Waals surface area contributed by atoms with Gasteiger partial charge in [-0.3, -0.25) is 0 Å². The lowest BCUT2D eigenvalue weighted by molar-refractivity contribution is -0.137. The first kappa shape index (κ1) is 15.5. The Morgan fingerprint density at radius 3 is 2.52 bits per heavy atom. The summed E-state index contributed by atoms with van der Waals surface area (Å²) in [7, 11) is 1.57. The standard InChI is InChI=1S/C18H15F3O2/c1-22-16-7-3-5-13-11-15(23-17(13)16)9-8-12-4-2-6-14(10-12)18(19,20)21/h2-7,10-11H,8-9H2,1H3. The Hall–Kier alpha value is -2.43. The number of furan rings is 1. The van der Waals surface area contributed by atoms with E-state index < -0.39 is 11.7 Å². The Kier molecular flexibility index (Phi) is 4.03. The Balaban J connectivity index is 1.79. The molecular weight excluding hydrogens is 305 g/mol. The van der Waals surface area contributed by atoms with Crippen LogP contribution in [0.25, 0.3) is 11.0 Å². The lowest BCUT2D eigenvalue weighted by atomic mass is 10.1. The molecule has 0 spiro atoms. The van der Waals surface area contributed by atoms with E-state index in [0.29, 0.717) is 29.7 Å². The number of methoxy groups -OCH3 is 1. The lowest BCUT2D eigenvalue weighted by Crippen LogP contribution is -2.05. The van der Waals surface area contributed by atoms with E-state index in [1.165, 1.54) is 12.1 Å². The number of hydrogen-bond donors (Lipinski definition) is 0. The number of hydrogen-bond acceptors (Lipinski definition) is 2. The molecule has 0 aliphatic heterocycles. The van der Waals surface area contributed by atoms with Gasteiger partial charge in [0.1, 0.15) is 5.76 Å². The molecule has 23 heavy (non-hydrogen) atoms. The molecule has 0 aliphatic rings. The molecule has 0 bridgehead atoms. The van der Waals surface area contributed by atoms with Crippen LogP contribution < -0.4 is 4.74 Å². The van der Waals surface area contributed by atoms with Gasteiger partial charge in [0.25, 0.3) is 0 Å². The van der Waals surface area contributed by atoms with Crippen molar-refractivity contribution in [2.45, 2.75) is 19.0 Å². The van der Waals surface area contributed by atoms with Gasteiger partial charge in [-0.05, 0) is 30.2 Å². The van der Waals surface area contributed by atoms with E-state index in [2.05, 4.69) is 0 Å². The smallest absolute Gasteiger partial charge is 0.416 e. The van der Waals surface area contributed by atoms with Gasteiger partial charge >= 0.3 is 6.18 Å². The molecule has 0 saturated carbocycles. The number of halogens is 3. The summed E-state index contributed by atoms with van der Waals surface area (Å²) < 4.78 is 49.2. The predicted molar refractivity (Wildman–Crippen MR) is 81.6 cm³/mol. The molecule has 0 unspecified atom stereocenters. The van der Waals surface area contributed by atoms with Gasteiger partial charge in [-0.25, -0.2) is 0 Å². The minimum Gasteiger partial charge on any atom is -0.493 e. The molecule has 0 aliphatic carbocycles. The molecule has 0 atom stereocenters. The number of alkyl halides is 3. The third kappa shape index (κ3) is 3.33. The fourth-order valence-corrected chi connectivity index (χ4v) is 2.54. The molecule has 2 nitrogen and oxygen atoms in total. The highest BCUT2D eigenvalue weighted by atomic mass is 19.4. The number of aryl methyl sites for hydroxylation is 2. The molecule has 3 rings (SSSR count). The number of fused-ring (bicyclic) bond motifs is 1. The second-order valence-corrected chi connectivity index (χ2v) is 5.29. The molecule has 3 aromatic rings. The zero-order chi connectivity index (χ0) is 16.4. The van der Waals surface area contributed by atoms with E-state index in [1.807, 2.05) is 24.3 Å². The van der Waals surface area contributed by atoms with Crippen LogP contribution in [0.4, 0.5) is 13.2 Å². The summed E-state index contributed by atoms with van der Waals surface area (Å²) in [5.74, 6) is 1.37. The van der Waals surface area contributed by atoms with Crippen LogP contribution in [0.5, 0.6) is 5.75 Å². The average Bonchev–Trinajstić information content (AvgIpc) is 2.95. The molecule has 1 aromatic heterocycles. The minimum absolute atomic E-state index is 0.478. The number of benzene rings is 2. The van der Waals surface area contributed by atoms with Crippen LogP contribution in [-0.4, -0.2) is 7.11 Å². The van der Waals surface area contributed by atoms with Crippen molar-refractivity contribution < 1.29 is 22.3 Å². The fraction of sp³-hybridized carbons (Fsp3) is 0.222. The van der Waals surface area contributed by atoms with Crippen molar-refractivity contribution in [2.24, 2.45) is 0 Å². The first-order valence-electron chi connectivity index (χ1n) is 7.19. The molecule has 1 heterocycles. The van der Waals surface area contributed by atoms with Gasteiger partial charge < -0.3 is 9.15 Å². The first-order valence-corrected chi connectivity index (χ1v) is 7.19. The van der Waals surface area contributed by atoms with Crippen LogP contribution >= 0.6 is 0 Å². The number of para-hydroxylation sites is 1. The second-order valence-electron chi connectivity index (χ2n) is 5.29. The van der Waals surface area contributed by atoms with E-state index in [0.717, 1.165) is 17.2 Å². The topological polar surface area (TPSA) is 22.4 Å². The SMILES string of the molecule is COc1cccc2cc(CCc3cccc(C(F)(F)F)c3)oc12.